The molecule has 0 spiro atoms. The maximum absolute atomic E-state index is 12.0. The second kappa shape index (κ2) is 5.89. The molecule has 0 aliphatic carbocycles. The molecule has 3 rings (SSSR count). The molecule has 2 aromatic heterocycles. The molecular formula is C16H13ClN2O2. The number of hydrogen-bond acceptors (Lipinski definition) is 2. The Hall–Kier alpha value is -2.46. The number of benzene rings is 1. The van der Waals surface area contributed by atoms with Crippen molar-refractivity contribution >= 4 is 17.5 Å². The molecule has 21 heavy (non-hydrogen) atoms. The summed E-state index contributed by atoms with van der Waals surface area (Å²) in [6.45, 7) is 0.310. The number of carbonyl (C=O) groups is 1. The SMILES string of the molecule is O=C(NCc1ccc(Cl)o1)c1ccc(-n2cccc2)cc1. The summed E-state index contributed by atoms with van der Waals surface area (Å²) >= 11 is 5.68. The molecule has 0 aliphatic heterocycles. The number of amides is 1. The number of carbonyl (C=O) groups excluding carboxylic acids is 1. The Kier molecular flexibility index (Phi) is 3.79. The average Bonchev–Trinajstić information content (AvgIpc) is 3.16. The quantitative estimate of drug-likeness (QED) is 0.799. The zero-order valence-electron chi connectivity index (χ0n) is 11.1. The van der Waals surface area contributed by atoms with E-state index in [1.54, 1.807) is 24.3 Å². The lowest BCUT2D eigenvalue weighted by Crippen LogP contribution is -2.22. The molecule has 0 saturated heterocycles. The molecule has 0 radical (unpaired) electrons. The van der Waals surface area contributed by atoms with E-state index in [-0.39, 0.29) is 5.91 Å². The molecule has 0 bridgehead atoms. The second-order valence-electron chi connectivity index (χ2n) is 4.53. The predicted molar refractivity (Wildman–Crippen MR) is 80.7 cm³/mol. The van der Waals surface area contributed by atoms with Crippen LogP contribution in [-0.4, -0.2) is 10.5 Å². The van der Waals surface area contributed by atoms with Crippen LogP contribution in [0.3, 0.4) is 0 Å². The van der Waals surface area contributed by atoms with Gasteiger partial charge in [0.05, 0.1) is 6.54 Å². The lowest BCUT2D eigenvalue weighted by molar-refractivity contribution is 0.0948. The fourth-order valence-electron chi connectivity index (χ4n) is 2.01. The molecule has 0 atom stereocenters. The van der Waals surface area contributed by atoms with Crippen molar-refractivity contribution in [3.63, 3.8) is 0 Å². The highest BCUT2D eigenvalue weighted by atomic mass is 35.5. The van der Waals surface area contributed by atoms with Crippen LogP contribution in [0.2, 0.25) is 5.22 Å². The van der Waals surface area contributed by atoms with Crippen molar-refractivity contribution in [2.24, 2.45) is 0 Å². The van der Waals surface area contributed by atoms with E-state index in [2.05, 4.69) is 5.32 Å². The number of nitrogens with zero attached hydrogens (tertiary/aromatic N) is 1. The number of halogens is 1. The maximum Gasteiger partial charge on any atom is 0.251 e. The summed E-state index contributed by atoms with van der Waals surface area (Å²) in [7, 11) is 0. The minimum Gasteiger partial charge on any atom is -0.448 e. The fourth-order valence-corrected chi connectivity index (χ4v) is 2.17. The van der Waals surface area contributed by atoms with Crippen LogP contribution in [0, 0.1) is 0 Å². The van der Waals surface area contributed by atoms with Crippen molar-refractivity contribution in [1.29, 1.82) is 0 Å². The number of hydrogen-bond donors (Lipinski definition) is 1. The molecule has 4 nitrogen and oxygen atoms in total. The monoisotopic (exact) mass is 300 g/mol. The van der Waals surface area contributed by atoms with Crippen LogP contribution in [0.5, 0.6) is 0 Å². The van der Waals surface area contributed by atoms with Gasteiger partial charge in [-0.3, -0.25) is 4.79 Å². The molecule has 0 aliphatic rings. The van der Waals surface area contributed by atoms with Gasteiger partial charge in [-0.25, -0.2) is 0 Å². The van der Waals surface area contributed by atoms with E-state index in [1.807, 2.05) is 41.2 Å². The summed E-state index contributed by atoms with van der Waals surface area (Å²) in [5.41, 5.74) is 1.61. The number of aromatic nitrogens is 1. The van der Waals surface area contributed by atoms with E-state index >= 15 is 0 Å². The summed E-state index contributed by atoms with van der Waals surface area (Å²) in [6.07, 6.45) is 3.91. The Balaban J connectivity index is 1.65. The zero-order chi connectivity index (χ0) is 14.7. The highest BCUT2D eigenvalue weighted by Gasteiger charge is 2.07. The highest BCUT2D eigenvalue weighted by molar-refractivity contribution is 6.28. The Morgan fingerprint density at radius 3 is 2.43 bits per heavy atom. The number of furan rings is 1. The van der Waals surface area contributed by atoms with Gasteiger partial charge in [-0.1, -0.05) is 0 Å². The van der Waals surface area contributed by atoms with Gasteiger partial charge in [0.15, 0.2) is 5.22 Å². The third-order valence-electron chi connectivity index (χ3n) is 3.08. The summed E-state index contributed by atoms with van der Waals surface area (Å²) < 4.78 is 7.16. The lowest BCUT2D eigenvalue weighted by Gasteiger charge is -2.06. The molecule has 5 heteroatoms. The van der Waals surface area contributed by atoms with Crippen molar-refractivity contribution in [3.05, 3.63) is 77.5 Å². The smallest absolute Gasteiger partial charge is 0.251 e. The Bertz CT molecular complexity index is 730. The zero-order valence-corrected chi connectivity index (χ0v) is 11.9. The minimum atomic E-state index is -0.151. The van der Waals surface area contributed by atoms with Gasteiger partial charge in [0, 0.05) is 23.6 Å². The molecule has 0 unspecified atom stereocenters. The van der Waals surface area contributed by atoms with E-state index in [4.69, 9.17) is 16.0 Å². The standard InChI is InChI=1S/C16H13ClN2O2/c17-15-8-7-14(21-15)11-18-16(20)12-3-5-13(6-4-12)19-9-1-2-10-19/h1-10H,11H2,(H,18,20). The lowest BCUT2D eigenvalue weighted by atomic mass is 10.2. The second-order valence-corrected chi connectivity index (χ2v) is 4.90. The topological polar surface area (TPSA) is 47.2 Å². The Labute approximate surface area is 127 Å². The van der Waals surface area contributed by atoms with Gasteiger partial charge in [-0.15, -0.1) is 0 Å². The summed E-state index contributed by atoms with van der Waals surface area (Å²) in [4.78, 5) is 12.0. The van der Waals surface area contributed by atoms with Gasteiger partial charge in [0.1, 0.15) is 5.76 Å². The van der Waals surface area contributed by atoms with Gasteiger partial charge in [-0.2, -0.15) is 0 Å². The van der Waals surface area contributed by atoms with E-state index in [9.17, 15) is 4.79 Å². The summed E-state index contributed by atoms with van der Waals surface area (Å²) in [5, 5.41) is 3.10. The molecule has 2 heterocycles. The van der Waals surface area contributed by atoms with E-state index < -0.39 is 0 Å². The Morgan fingerprint density at radius 2 is 1.81 bits per heavy atom. The first-order valence-corrected chi connectivity index (χ1v) is 6.86. The van der Waals surface area contributed by atoms with E-state index in [1.165, 1.54) is 0 Å². The highest BCUT2D eigenvalue weighted by Crippen LogP contribution is 2.13. The fraction of sp³-hybridized carbons (Fsp3) is 0.0625. The van der Waals surface area contributed by atoms with Crippen LogP contribution < -0.4 is 5.32 Å². The molecule has 1 amide bonds. The van der Waals surface area contributed by atoms with Crippen molar-refractivity contribution in [3.8, 4) is 5.69 Å². The van der Waals surface area contributed by atoms with Crippen LogP contribution in [0.1, 0.15) is 16.1 Å². The van der Waals surface area contributed by atoms with E-state index in [0.717, 1.165) is 5.69 Å². The van der Waals surface area contributed by atoms with Crippen molar-refractivity contribution in [2.45, 2.75) is 6.54 Å². The molecular weight excluding hydrogens is 288 g/mol. The maximum atomic E-state index is 12.0. The average molecular weight is 301 g/mol. The Morgan fingerprint density at radius 1 is 1.10 bits per heavy atom. The summed E-state index contributed by atoms with van der Waals surface area (Å²) in [6, 6.07) is 14.7. The molecule has 106 valence electrons. The van der Waals surface area contributed by atoms with Crippen LogP contribution in [0.15, 0.2) is 65.3 Å². The van der Waals surface area contributed by atoms with Crippen molar-refractivity contribution in [2.75, 3.05) is 0 Å². The third kappa shape index (κ3) is 3.17. The summed E-state index contributed by atoms with van der Waals surface area (Å²) in [5.74, 6) is 0.471. The normalized spacial score (nSPS) is 10.5. The van der Waals surface area contributed by atoms with Crippen LogP contribution in [0.25, 0.3) is 5.69 Å². The minimum absolute atomic E-state index is 0.151. The van der Waals surface area contributed by atoms with Gasteiger partial charge >= 0.3 is 0 Å². The third-order valence-corrected chi connectivity index (χ3v) is 3.29. The predicted octanol–water partition coefficient (Wildman–Crippen LogP) is 3.65. The van der Waals surface area contributed by atoms with Gasteiger partial charge in [0.25, 0.3) is 5.91 Å². The van der Waals surface area contributed by atoms with Gasteiger partial charge < -0.3 is 14.3 Å². The largest absolute Gasteiger partial charge is 0.448 e. The van der Waals surface area contributed by atoms with Gasteiger partial charge in [0.2, 0.25) is 0 Å². The number of nitrogens with one attached hydrogen (secondary N) is 1. The van der Waals surface area contributed by atoms with Crippen molar-refractivity contribution < 1.29 is 9.21 Å². The first-order valence-electron chi connectivity index (χ1n) is 6.48. The number of rotatable bonds is 4. The van der Waals surface area contributed by atoms with E-state index in [0.29, 0.717) is 23.1 Å². The van der Waals surface area contributed by atoms with Crippen molar-refractivity contribution in [1.82, 2.24) is 9.88 Å². The molecule has 1 N–H and O–H groups in total. The van der Waals surface area contributed by atoms with Crippen LogP contribution in [0.4, 0.5) is 0 Å². The molecule has 1 aromatic carbocycles. The van der Waals surface area contributed by atoms with Crippen LogP contribution >= 0.6 is 11.6 Å². The molecule has 3 aromatic rings. The van der Waals surface area contributed by atoms with Gasteiger partial charge in [-0.05, 0) is 60.1 Å². The molecule has 0 saturated carbocycles. The first-order chi connectivity index (χ1) is 10.2. The first kappa shape index (κ1) is 13.5. The molecule has 0 fully saturated rings. The van der Waals surface area contributed by atoms with Crippen LogP contribution in [-0.2, 0) is 6.54 Å².